The molecule has 0 atom stereocenters. The number of rotatable bonds is 28. The van der Waals surface area contributed by atoms with Crippen LogP contribution in [-0.2, 0) is 10.0 Å². The lowest BCUT2D eigenvalue weighted by Gasteiger charge is -2.22. The van der Waals surface area contributed by atoms with Gasteiger partial charge in [0, 0.05) is 25.9 Å². The van der Waals surface area contributed by atoms with E-state index in [0.29, 0.717) is 31.7 Å². The van der Waals surface area contributed by atoms with Crippen LogP contribution in [0.3, 0.4) is 0 Å². The van der Waals surface area contributed by atoms with Gasteiger partial charge in [-0.3, -0.25) is 0 Å². The summed E-state index contributed by atoms with van der Waals surface area (Å²) < 4.78 is 28.0. The van der Waals surface area contributed by atoms with Crippen LogP contribution in [0.4, 0.5) is 0 Å². The van der Waals surface area contributed by atoms with Gasteiger partial charge in [-0.25, -0.2) is 12.7 Å². The molecule has 0 aromatic carbocycles. The molecule has 0 saturated carbocycles. The van der Waals surface area contributed by atoms with Crippen LogP contribution in [0, 0.1) is 22.7 Å². The van der Waals surface area contributed by atoms with Crippen LogP contribution >= 0.6 is 0 Å². The predicted octanol–water partition coefficient (Wildman–Crippen LogP) is 9.05. The quantitative estimate of drug-likeness (QED) is 0.0957. The van der Waals surface area contributed by atoms with Crippen molar-refractivity contribution in [3.8, 4) is 12.1 Å². The fourth-order valence-electron chi connectivity index (χ4n) is 4.69. The monoisotopic (exact) mass is 523 g/mol. The molecule has 5 nitrogen and oxygen atoms in total. The van der Waals surface area contributed by atoms with Crippen molar-refractivity contribution in [1.29, 1.82) is 10.5 Å². The third-order valence-corrected chi connectivity index (χ3v) is 9.00. The van der Waals surface area contributed by atoms with Gasteiger partial charge in [-0.15, -0.1) is 0 Å². The molecule has 0 spiro atoms. The van der Waals surface area contributed by atoms with Gasteiger partial charge in [-0.2, -0.15) is 10.5 Å². The van der Waals surface area contributed by atoms with Crippen molar-refractivity contribution in [2.45, 2.75) is 161 Å². The minimum absolute atomic E-state index is 0.310. The fraction of sp³-hybridized carbons (Fsp3) is 0.933. The van der Waals surface area contributed by atoms with Gasteiger partial charge in [0.15, 0.2) is 0 Å². The summed E-state index contributed by atoms with van der Waals surface area (Å²) in [6, 6.07) is 4.41. The SMILES string of the molecule is CCCCCCCCS(=O)(=O)N(CCCCCCCCCCC#N)CCCCCCCCCCC#N. The molecular weight excluding hydrogens is 466 g/mol. The van der Waals surface area contributed by atoms with E-state index in [9.17, 15) is 8.42 Å². The summed E-state index contributed by atoms with van der Waals surface area (Å²) in [7, 11) is -3.15. The largest absolute Gasteiger partial charge is 0.214 e. The van der Waals surface area contributed by atoms with Crippen LogP contribution in [-0.4, -0.2) is 31.6 Å². The van der Waals surface area contributed by atoms with Gasteiger partial charge < -0.3 is 0 Å². The zero-order chi connectivity index (χ0) is 26.6. The number of hydrogen-bond acceptors (Lipinski definition) is 4. The minimum atomic E-state index is -3.15. The topological polar surface area (TPSA) is 85.0 Å². The minimum Gasteiger partial charge on any atom is -0.212 e. The van der Waals surface area contributed by atoms with Gasteiger partial charge in [0.25, 0.3) is 0 Å². The Hall–Kier alpha value is -1.11. The summed E-state index contributed by atoms with van der Waals surface area (Å²) in [6.07, 6.45) is 26.1. The summed E-state index contributed by atoms with van der Waals surface area (Å²) in [5.74, 6) is 0.310. The second-order valence-electron chi connectivity index (χ2n) is 10.5. The van der Waals surface area contributed by atoms with E-state index in [1.807, 2.05) is 4.31 Å². The first-order chi connectivity index (χ1) is 17.6. The highest BCUT2D eigenvalue weighted by molar-refractivity contribution is 7.89. The maximum absolute atomic E-state index is 13.1. The van der Waals surface area contributed by atoms with Crippen molar-refractivity contribution in [3.63, 3.8) is 0 Å². The Kier molecular flexibility index (Phi) is 26.1. The molecule has 0 N–H and O–H groups in total. The second-order valence-corrected chi connectivity index (χ2v) is 12.5. The van der Waals surface area contributed by atoms with Gasteiger partial charge in [-0.1, -0.05) is 116 Å². The maximum Gasteiger partial charge on any atom is 0.214 e. The Balaban J connectivity index is 4.24. The first-order valence-electron chi connectivity index (χ1n) is 15.3. The first-order valence-corrected chi connectivity index (χ1v) is 16.9. The average Bonchev–Trinajstić information content (AvgIpc) is 2.86. The van der Waals surface area contributed by atoms with Crippen molar-refractivity contribution in [3.05, 3.63) is 0 Å². The number of nitriles is 2. The van der Waals surface area contributed by atoms with Gasteiger partial charge in [0.05, 0.1) is 17.9 Å². The normalized spacial score (nSPS) is 11.6. The van der Waals surface area contributed by atoms with Crippen LogP contribution in [0.1, 0.15) is 161 Å². The fourth-order valence-corrected chi connectivity index (χ4v) is 6.33. The van der Waals surface area contributed by atoms with Crippen LogP contribution in [0.2, 0.25) is 0 Å². The molecule has 0 heterocycles. The molecule has 0 saturated heterocycles. The summed E-state index contributed by atoms with van der Waals surface area (Å²) in [5.41, 5.74) is 0. The predicted molar refractivity (Wildman–Crippen MR) is 153 cm³/mol. The lowest BCUT2D eigenvalue weighted by molar-refractivity contribution is 0.382. The van der Waals surface area contributed by atoms with E-state index in [-0.39, 0.29) is 0 Å². The molecule has 0 unspecified atom stereocenters. The maximum atomic E-state index is 13.1. The third-order valence-electron chi connectivity index (χ3n) is 7.04. The molecule has 0 rings (SSSR count). The molecule has 0 aromatic heterocycles. The molecule has 0 amide bonds. The highest BCUT2D eigenvalue weighted by atomic mass is 32.2. The Labute approximate surface area is 225 Å². The van der Waals surface area contributed by atoms with Gasteiger partial charge in [0.2, 0.25) is 10.0 Å². The van der Waals surface area contributed by atoms with Crippen LogP contribution < -0.4 is 0 Å². The molecule has 0 bridgehead atoms. The van der Waals surface area contributed by atoms with Crippen LogP contribution in [0.5, 0.6) is 0 Å². The Morgan fingerprint density at radius 2 is 0.833 bits per heavy atom. The number of unbranched alkanes of at least 4 members (excludes halogenated alkanes) is 21. The number of hydrogen-bond donors (Lipinski definition) is 0. The van der Waals surface area contributed by atoms with Gasteiger partial charge in [0.1, 0.15) is 0 Å². The standard InChI is InChI=1S/C30H57N3O2S/c1-2-3-4-5-20-25-30-36(34,35)33(28-23-18-14-10-6-8-12-16-21-26-31)29-24-19-15-11-7-9-13-17-22-27-32/h2-25,28-30H2,1H3. The zero-order valence-electron chi connectivity index (χ0n) is 23.7. The van der Waals surface area contributed by atoms with E-state index in [1.165, 1.54) is 70.6 Å². The van der Waals surface area contributed by atoms with Crippen LogP contribution in [0.25, 0.3) is 0 Å². The Bertz CT molecular complexity index is 618. The number of nitrogens with zero attached hydrogens (tertiary/aromatic N) is 3. The van der Waals surface area contributed by atoms with Crippen molar-refractivity contribution in [2.75, 3.05) is 18.8 Å². The number of sulfonamides is 1. The molecule has 0 radical (unpaired) electrons. The summed E-state index contributed by atoms with van der Waals surface area (Å²) in [4.78, 5) is 0. The summed E-state index contributed by atoms with van der Waals surface area (Å²) >= 11 is 0. The molecule has 36 heavy (non-hydrogen) atoms. The average molecular weight is 524 g/mol. The molecule has 0 aliphatic carbocycles. The molecular formula is C30H57N3O2S. The van der Waals surface area contributed by atoms with Gasteiger partial charge >= 0.3 is 0 Å². The van der Waals surface area contributed by atoms with E-state index >= 15 is 0 Å². The smallest absolute Gasteiger partial charge is 0.212 e. The second kappa shape index (κ2) is 26.9. The van der Waals surface area contributed by atoms with Crippen molar-refractivity contribution >= 4 is 10.0 Å². The van der Waals surface area contributed by atoms with E-state index in [4.69, 9.17) is 10.5 Å². The highest BCUT2D eigenvalue weighted by Gasteiger charge is 2.20. The van der Waals surface area contributed by atoms with Crippen molar-refractivity contribution in [1.82, 2.24) is 4.31 Å². The Morgan fingerprint density at radius 1 is 0.500 bits per heavy atom. The van der Waals surface area contributed by atoms with E-state index in [2.05, 4.69) is 19.1 Å². The molecule has 0 aliphatic heterocycles. The molecule has 210 valence electrons. The van der Waals surface area contributed by atoms with Crippen molar-refractivity contribution in [2.24, 2.45) is 0 Å². The zero-order valence-corrected chi connectivity index (χ0v) is 24.5. The van der Waals surface area contributed by atoms with E-state index < -0.39 is 10.0 Å². The third kappa shape index (κ3) is 23.3. The summed E-state index contributed by atoms with van der Waals surface area (Å²) in [6.45, 7) is 3.56. The molecule has 6 heteroatoms. The van der Waals surface area contributed by atoms with Gasteiger partial charge in [-0.05, 0) is 32.1 Å². The summed E-state index contributed by atoms with van der Waals surface area (Å²) in [5, 5.41) is 17.2. The van der Waals surface area contributed by atoms with Crippen molar-refractivity contribution < 1.29 is 8.42 Å². The van der Waals surface area contributed by atoms with E-state index in [0.717, 1.165) is 70.6 Å². The Morgan fingerprint density at radius 3 is 1.22 bits per heavy atom. The van der Waals surface area contributed by atoms with Crippen LogP contribution in [0.15, 0.2) is 0 Å². The highest BCUT2D eigenvalue weighted by Crippen LogP contribution is 2.15. The molecule has 0 aliphatic rings. The van der Waals surface area contributed by atoms with E-state index in [1.54, 1.807) is 0 Å². The molecule has 0 aromatic rings. The lowest BCUT2D eigenvalue weighted by Crippen LogP contribution is -2.35. The first kappa shape index (κ1) is 34.9. The lowest BCUT2D eigenvalue weighted by atomic mass is 10.1. The molecule has 0 fully saturated rings.